The van der Waals surface area contributed by atoms with Crippen LogP contribution < -0.4 is 4.74 Å². The number of fused-ring (bicyclic) bond motifs is 1. The maximum atomic E-state index is 9.15. The molecule has 1 aromatic carbocycles. The summed E-state index contributed by atoms with van der Waals surface area (Å²) in [7, 11) is 0. The average Bonchev–Trinajstić information content (AvgIpc) is 2.53. The number of hydrogen-bond donors (Lipinski definition) is 1. The second-order valence-electron chi connectivity index (χ2n) is 5.65. The van der Waals surface area contributed by atoms with Gasteiger partial charge in [-0.15, -0.1) is 0 Å². The van der Waals surface area contributed by atoms with Crippen LogP contribution in [0.4, 0.5) is 0 Å². The van der Waals surface area contributed by atoms with Gasteiger partial charge in [0.2, 0.25) is 0 Å². The van der Waals surface area contributed by atoms with Crippen molar-refractivity contribution in [2.75, 3.05) is 13.2 Å². The Morgan fingerprint density at radius 1 is 1.41 bits per heavy atom. The fraction of sp³-hybridized carbons (Fsp3) is 0.474. The molecule has 3 heteroatoms. The molecule has 1 N–H and O–H groups in total. The minimum absolute atomic E-state index is 0.01000. The van der Waals surface area contributed by atoms with Crippen LogP contribution in [0.1, 0.15) is 37.8 Å². The fourth-order valence-electron chi connectivity index (χ4n) is 2.16. The first-order chi connectivity index (χ1) is 10.7. The average molecular weight is 363 g/mol. The molecular weight excluding hydrogens is 339 g/mol. The number of aliphatic hydroxyl groups is 1. The van der Waals surface area contributed by atoms with Crippen LogP contribution in [0.25, 0.3) is 4.47 Å². The molecule has 1 heterocycles. The number of benzene rings is 1. The van der Waals surface area contributed by atoms with E-state index in [0.717, 1.165) is 11.3 Å². The molecular formula is C19H24O2Se. The summed E-state index contributed by atoms with van der Waals surface area (Å²) in [5.41, 5.74) is 3.59. The Kier molecular flexibility index (Phi) is 6.58. The van der Waals surface area contributed by atoms with E-state index in [9.17, 15) is 0 Å². The van der Waals surface area contributed by atoms with Crippen LogP contribution >= 0.6 is 0 Å². The van der Waals surface area contributed by atoms with Crippen molar-refractivity contribution in [2.45, 2.75) is 38.9 Å². The molecule has 0 fully saturated rings. The molecule has 1 aromatic rings. The molecule has 1 atom stereocenters. The Morgan fingerprint density at radius 2 is 2.23 bits per heavy atom. The third-order valence-electron chi connectivity index (χ3n) is 3.51. The second-order valence-corrected chi connectivity index (χ2v) is 7.97. The first-order valence-electron chi connectivity index (χ1n) is 7.87. The number of aliphatic hydroxyl groups excluding tert-OH is 1. The third kappa shape index (κ3) is 4.40. The van der Waals surface area contributed by atoms with Crippen LogP contribution in [-0.4, -0.2) is 33.3 Å². The fourth-order valence-corrected chi connectivity index (χ4v) is 4.75. The molecule has 0 spiro atoms. The van der Waals surface area contributed by atoms with Crippen molar-refractivity contribution in [2.24, 2.45) is 5.92 Å². The van der Waals surface area contributed by atoms with Crippen molar-refractivity contribution in [1.82, 2.24) is 0 Å². The Hall–Kier alpha value is -1.20. The van der Waals surface area contributed by atoms with Gasteiger partial charge in [-0.05, 0) is 0 Å². The molecule has 1 unspecified atom stereocenters. The molecule has 0 aliphatic carbocycles. The number of ether oxygens (including phenoxy) is 1. The molecule has 0 saturated heterocycles. The zero-order chi connectivity index (χ0) is 15.9. The Balaban J connectivity index is 2.37. The molecule has 118 valence electrons. The van der Waals surface area contributed by atoms with Crippen LogP contribution in [0, 0.1) is 24.7 Å². The molecule has 1 aliphatic rings. The van der Waals surface area contributed by atoms with Crippen LogP contribution in [0.5, 0.6) is 5.75 Å². The van der Waals surface area contributed by atoms with Crippen LogP contribution in [0.3, 0.4) is 0 Å². The third-order valence-corrected chi connectivity index (χ3v) is 6.13. The molecule has 22 heavy (non-hydrogen) atoms. The first-order valence-corrected chi connectivity index (χ1v) is 9.94. The number of rotatable bonds is 5. The summed E-state index contributed by atoms with van der Waals surface area (Å²) >= 11 is 0.425. The van der Waals surface area contributed by atoms with Gasteiger partial charge in [0, 0.05) is 0 Å². The predicted octanol–water partition coefficient (Wildman–Crippen LogP) is 3.65. The van der Waals surface area contributed by atoms with E-state index in [4.69, 9.17) is 9.84 Å². The van der Waals surface area contributed by atoms with Gasteiger partial charge in [0.25, 0.3) is 0 Å². The van der Waals surface area contributed by atoms with Crippen molar-refractivity contribution >= 4 is 19.4 Å². The van der Waals surface area contributed by atoms with Crippen LogP contribution in [0.2, 0.25) is 5.32 Å². The molecule has 2 nitrogen and oxygen atoms in total. The van der Waals surface area contributed by atoms with Gasteiger partial charge in [0.15, 0.2) is 0 Å². The quantitative estimate of drug-likeness (QED) is 0.492. The maximum absolute atomic E-state index is 9.15. The monoisotopic (exact) mass is 364 g/mol. The second kappa shape index (κ2) is 8.44. The van der Waals surface area contributed by atoms with Crippen molar-refractivity contribution in [3.63, 3.8) is 0 Å². The molecule has 0 amide bonds. The van der Waals surface area contributed by atoms with Crippen LogP contribution in [-0.2, 0) is 0 Å². The first kappa shape index (κ1) is 17.2. The van der Waals surface area contributed by atoms with E-state index < -0.39 is 0 Å². The minimum atomic E-state index is 0.01000. The van der Waals surface area contributed by atoms with Gasteiger partial charge in [-0.25, -0.2) is 0 Å². The molecule has 1 aliphatic heterocycles. The molecule has 0 bridgehead atoms. The zero-order valence-electron chi connectivity index (χ0n) is 13.6. The van der Waals surface area contributed by atoms with Gasteiger partial charge < -0.3 is 0 Å². The molecule has 0 aromatic heterocycles. The van der Waals surface area contributed by atoms with Crippen molar-refractivity contribution in [3.8, 4) is 17.6 Å². The number of hydrogen-bond acceptors (Lipinski definition) is 2. The standard InChI is InChI=1S/C19H24O2Se/c1-4-5-10-22-19-16(8-6-15(3)12-20)13-21-18-9-7-14(2)11-17(18)19/h7,9,11,15,20H,4-5,10,12-13H2,1-3H3. The van der Waals surface area contributed by atoms with Crippen molar-refractivity contribution in [1.29, 1.82) is 0 Å². The van der Waals surface area contributed by atoms with Gasteiger partial charge in [-0.2, -0.15) is 0 Å². The summed E-state index contributed by atoms with van der Waals surface area (Å²) in [6.07, 6.45) is 2.49. The van der Waals surface area contributed by atoms with Gasteiger partial charge >= 0.3 is 140 Å². The molecule has 0 saturated carbocycles. The van der Waals surface area contributed by atoms with Gasteiger partial charge in [0.05, 0.1) is 0 Å². The Labute approximate surface area is 140 Å². The topological polar surface area (TPSA) is 29.5 Å². The van der Waals surface area contributed by atoms with Gasteiger partial charge in [0.1, 0.15) is 0 Å². The van der Waals surface area contributed by atoms with Gasteiger partial charge in [-0.1, -0.05) is 0 Å². The Morgan fingerprint density at radius 3 is 2.95 bits per heavy atom. The van der Waals surface area contributed by atoms with Crippen molar-refractivity contribution in [3.05, 3.63) is 34.9 Å². The van der Waals surface area contributed by atoms with Gasteiger partial charge in [-0.3, -0.25) is 0 Å². The van der Waals surface area contributed by atoms with Crippen molar-refractivity contribution < 1.29 is 9.84 Å². The van der Waals surface area contributed by atoms with E-state index in [-0.39, 0.29) is 12.5 Å². The Bertz CT molecular complexity index is 608. The summed E-state index contributed by atoms with van der Waals surface area (Å²) in [6.45, 7) is 6.95. The summed E-state index contributed by atoms with van der Waals surface area (Å²) in [6, 6.07) is 6.38. The number of unbranched alkanes of at least 4 members (excludes halogenated alkanes) is 1. The zero-order valence-corrected chi connectivity index (χ0v) is 15.3. The SMILES string of the molecule is CCCC[Se]C1=C(C#CC(C)CO)COc2ccc(C)cc21. The summed E-state index contributed by atoms with van der Waals surface area (Å²) in [5, 5.41) is 10.4. The van der Waals surface area contributed by atoms with E-state index in [1.165, 1.54) is 33.8 Å². The van der Waals surface area contributed by atoms with E-state index >= 15 is 0 Å². The predicted molar refractivity (Wildman–Crippen MR) is 93.1 cm³/mol. The molecule has 0 radical (unpaired) electrons. The van der Waals surface area contributed by atoms with E-state index in [2.05, 4.69) is 43.9 Å². The van der Waals surface area contributed by atoms with E-state index in [0.29, 0.717) is 21.6 Å². The summed E-state index contributed by atoms with van der Waals surface area (Å²) in [5.74, 6) is 7.41. The van der Waals surface area contributed by atoms with E-state index in [1.807, 2.05) is 6.92 Å². The van der Waals surface area contributed by atoms with E-state index in [1.54, 1.807) is 0 Å². The molecule has 2 rings (SSSR count). The number of aryl methyl sites for hydroxylation is 1. The normalized spacial score (nSPS) is 14.7. The summed E-state index contributed by atoms with van der Waals surface area (Å²) in [4.78, 5) is 0. The summed E-state index contributed by atoms with van der Waals surface area (Å²) < 4.78 is 7.27. The van der Waals surface area contributed by atoms with Crippen LogP contribution in [0.15, 0.2) is 23.8 Å².